The number of hydrogen-bond donors (Lipinski definition) is 0. The second kappa shape index (κ2) is 4.99. The van der Waals surface area contributed by atoms with Crippen LogP contribution in [0.5, 0.6) is 0 Å². The van der Waals surface area contributed by atoms with Crippen molar-refractivity contribution in [1.29, 1.82) is 0 Å². The van der Waals surface area contributed by atoms with Gasteiger partial charge in [-0.25, -0.2) is 0 Å². The van der Waals surface area contributed by atoms with Crippen LogP contribution in [0.4, 0.5) is 0 Å². The average molecular weight is 296 g/mol. The van der Waals surface area contributed by atoms with Crippen molar-refractivity contribution in [3.63, 3.8) is 0 Å². The molecule has 86 valence electrons. The molecule has 0 fully saturated rings. The number of rotatable bonds is 3. The summed E-state index contributed by atoms with van der Waals surface area (Å²) in [6.07, 6.45) is 2.01. The van der Waals surface area contributed by atoms with Crippen molar-refractivity contribution in [2.24, 2.45) is 0 Å². The molecule has 0 amide bonds. The molecular formula is C12H9OPS3. The average Bonchev–Trinajstić information content (AvgIpc) is 3.02. The fourth-order valence-electron chi connectivity index (χ4n) is 1.68. The third kappa shape index (κ3) is 2.36. The van der Waals surface area contributed by atoms with Crippen molar-refractivity contribution in [1.82, 2.24) is 0 Å². The van der Waals surface area contributed by atoms with E-state index in [1.54, 1.807) is 28.1 Å². The fraction of sp³-hybridized carbons (Fsp3) is 0. The largest absolute Gasteiger partial charge is 0.250 e. The lowest BCUT2D eigenvalue weighted by Gasteiger charge is -2.14. The Morgan fingerprint density at radius 2 is 1.71 bits per heavy atom. The second-order valence-corrected chi connectivity index (χ2v) is 8.42. The summed E-state index contributed by atoms with van der Waals surface area (Å²) in [5.74, 6) is 0. The molecule has 1 atom stereocenters. The van der Waals surface area contributed by atoms with Crippen LogP contribution in [0, 0.1) is 0 Å². The highest BCUT2D eigenvalue weighted by atomic mass is 32.2. The molecule has 5 heteroatoms. The topological polar surface area (TPSA) is 17.1 Å². The van der Waals surface area contributed by atoms with E-state index in [1.165, 1.54) is 15.9 Å². The van der Waals surface area contributed by atoms with Gasteiger partial charge < -0.3 is 0 Å². The zero-order valence-electron chi connectivity index (χ0n) is 8.78. The SMILES string of the molecule is O=S1C=CC(P(c2ccsc2)c2ccsc2)=C1. The Kier molecular flexibility index (Phi) is 3.39. The number of thiophene rings is 2. The van der Waals surface area contributed by atoms with E-state index >= 15 is 0 Å². The highest BCUT2D eigenvalue weighted by molar-refractivity contribution is 7.92. The Balaban J connectivity index is 2.07. The first-order valence-corrected chi connectivity index (χ1v) is 9.49. The third-order valence-electron chi connectivity index (χ3n) is 2.40. The van der Waals surface area contributed by atoms with Gasteiger partial charge in [0.1, 0.15) is 0 Å². The minimum absolute atomic E-state index is 0.502. The van der Waals surface area contributed by atoms with Crippen molar-refractivity contribution in [3.05, 3.63) is 55.9 Å². The maximum atomic E-state index is 11.5. The van der Waals surface area contributed by atoms with Gasteiger partial charge in [-0.05, 0) is 63.6 Å². The fourth-order valence-corrected chi connectivity index (χ4v) is 7.21. The monoisotopic (exact) mass is 296 g/mol. The van der Waals surface area contributed by atoms with Gasteiger partial charge in [0.25, 0.3) is 0 Å². The summed E-state index contributed by atoms with van der Waals surface area (Å²) < 4.78 is 11.5. The lowest BCUT2D eigenvalue weighted by molar-refractivity contribution is 0.693. The number of allylic oxidation sites excluding steroid dienone is 2. The normalized spacial score (nSPS) is 18.9. The molecule has 3 rings (SSSR count). The summed E-state index contributed by atoms with van der Waals surface area (Å²) in [6, 6.07) is 4.34. The molecule has 0 radical (unpaired) electrons. The zero-order chi connectivity index (χ0) is 11.7. The molecule has 0 saturated carbocycles. The van der Waals surface area contributed by atoms with Crippen LogP contribution in [0.3, 0.4) is 0 Å². The van der Waals surface area contributed by atoms with Crippen molar-refractivity contribution in [2.45, 2.75) is 0 Å². The summed E-state index contributed by atoms with van der Waals surface area (Å²) in [4.78, 5) is 0. The van der Waals surface area contributed by atoms with E-state index in [2.05, 4.69) is 33.7 Å². The molecule has 1 aliphatic heterocycles. The molecule has 1 nitrogen and oxygen atoms in total. The minimum atomic E-state index is -0.916. The van der Waals surface area contributed by atoms with Crippen LogP contribution in [-0.2, 0) is 10.8 Å². The van der Waals surface area contributed by atoms with Crippen LogP contribution >= 0.6 is 30.6 Å². The van der Waals surface area contributed by atoms with Crippen molar-refractivity contribution in [3.8, 4) is 0 Å². The maximum Gasteiger partial charge on any atom is 0.0709 e. The van der Waals surface area contributed by atoms with Gasteiger partial charge in [-0.15, -0.1) is 0 Å². The van der Waals surface area contributed by atoms with Gasteiger partial charge in [-0.2, -0.15) is 22.7 Å². The van der Waals surface area contributed by atoms with E-state index in [1.807, 2.05) is 11.5 Å². The molecule has 17 heavy (non-hydrogen) atoms. The van der Waals surface area contributed by atoms with E-state index in [4.69, 9.17) is 0 Å². The molecule has 3 heterocycles. The molecule has 0 bridgehead atoms. The molecule has 1 aliphatic rings. The van der Waals surface area contributed by atoms with Gasteiger partial charge in [0.05, 0.1) is 10.8 Å². The highest BCUT2D eigenvalue weighted by Crippen LogP contribution is 2.46. The molecule has 0 aromatic carbocycles. The number of hydrogen-bond acceptors (Lipinski definition) is 3. The lowest BCUT2D eigenvalue weighted by Crippen LogP contribution is -2.08. The van der Waals surface area contributed by atoms with Gasteiger partial charge >= 0.3 is 0 Å². The second-order valence-electron chi connectivity index (χ2n) is 3.47. The van der Waals surface area contributed by atoms with E-state index in [0.717, 1.165) is 0 Å². The Hall–Kier alpha value is -0.540. The summed E-state index contributed by atoms with van der Waals surface area (Å²) in [7, 11) is -1.42. The van der Waals surface area contributed by atoms with Gasteiger partial charge in [-0.3, -0.25) is 4.21 Å². The third-order valence-corrected chi connectivity index (χ3v) is 7.56. The molecule has 1 unspecified atom stereocenters. The molecule has 0 N–H and O–H groups in total. The smallest absolute Gasteiger partial charge is 0.0709 e. The van der Waals surface area contributed by atoms with Crippen LogP contribution in [0.25, 0.3) is 0 Å². The molecule has 2 aromatic rings. The summed E-state index contributed by atoms with van der Waals surface area (Å²) >= 11 is 3.43. The van der Waals surface area contributed by atoms with E-state index in [0.29, 0.717) is 0 Å². The van der Waals surface area contributed by atoms with Gasteiger partial charge in [0.2, 0.25) is 0 Å². The van der Waals surface area contributed by atoms with E-state index in [9.17, 15) is 4.21 Å². The zero-order valence-corrected chi connectivity index (χ0v) is 12.1. The molecular weight excluding hydrogens is 287 g/mol. The summed E-state index contributed by atoms with van der Waals surface area (Å²) in [6.45, 7) is 0. The Labute approximate surface area is 112 Å². The van der Waals surface area contributed by atoms with Gasteiger partial charge in [0.15, 0.2) is 0 Å². The highest BCUT2D eigenvalue weighted by Gasteiger charge is 2.20. The Morgan fingerprint density at radius 1 is 1.06 bits per heavy atom. The quantitative estimate of drug-likeness (QED) is 0.794. The Morgan fingerprint density at radius 3 is 2.12 bits per heavy atom. The van der Waals surface area contributed by atoms with Crippen LogP contribution in [-0.4, -0.2) is 4.21 Å². The van der Waals surface area contributed by atoms with Crippen molar-refractivity contribution < 1.29 is 4.21 Å². The summed E-state index contributed by atoms with van der Waals surface area (Å²) in [5.41, 5.74) is 0. The van der Waals surface area contributed by atoms with Crippen molar-refractivity contribution in [2.75, 3.05) is 0 Å². The van der Waals surface area contributed by atoms with Crippen LogP contribution in [0.1, 0.15) is 0 Å². The maximum absolute atomic E-state index is 11.5. The molecule has 0 aliphatic carbocycles. The lowest BCUT2D eigenvalue weighted by atomic mass is 10.6. The van der Waals surface area contributed by atoms with E-state index < -0.39 is 18.7 Å². The molecule has 2 aromatic heterocycles. The van der Waals surface area contributed by atoms with Gasteiger partial charge in [-0.1, -0.05) is 0 Å². The van der Waals surface area contributed by atoms with Crippen LogP contribution < -0.4 is 10.6 Å². The molecule has 0 spiro atoms. The molecule has 0 saturated heterocycles. The first-order chi connectivity index (χ1) is 8.34. The standard InChI is InChI=1S/C12H9OPS3/c13-17-6-3-12(9-17)14(10-1-4-15-7-10)11-2-5-16-8-11/h1-9H. The summed E-state index contributed by atoms with van der Waals surface area (Å²) in [5, 5.41) is 16.1. The van der Waals surface area contributed by atoms with Crippen molar-refractivity contribution >= 4 is 52.0 Å². The van der Waals surface area contributed by atoms with E-state index in [-0.39, 0.29) is 0 Å². The predicted molar refractivity (Wildman–Crippen MR) is 80.2 cm³/mol. The predicted octanol–water partition coefficient (Wildman–Crippen LogP) is 3.36. The first kappa shape index (κ1) is 11.5. The first-order valence-electron chi connectivity index (χ1n) is 4.98. The van der Waals surface area contributed by atoms with Crippen LogP contribution in [0.15, 0.2) is 55.9 Å². The van der Waals surface area contributed by atoms with Crippen LogP contribution in [0.2, 0.25) is 0 Å². The minimum Gasteiger partial charge on any atom is -0.250 e. The van der Waals surface area contributed by atoms with Gasteiger partial charge in [0, 0.05) is 10.8 Å². The Bertz CT molecular complexity index is 547.